The number of hydrogen-bond donors (Lipinski definition) is 0. The van der Waals surface area contributed by atoms with Gasteiger partial charge < -0.3 is 4.42 Å². The van der Waals surface area contributed by atoms with Gasteiger partial charge in [-0.3, -0.25) is 9.97 Å². The summed E-state index contributed by atoms with van der Waals surface area (Å²) in [6.45, 7) is 8.70. The van der Waals surface area contributed by atoms with Gasteiger partial charge in [0, 0.05) is 39.7 Å². The second-order valence-corrected chi connectivity index (χ2v) is 8.87. The molecule has 3 heterocycles. The molecule has 5 aromatic rings. The predicted molar refractivity (Wildman–Crippen MR) is 122 cm³/mol. The molecule has 0 radical (unpaired) electrons. The highest BCUT2D eigenvalue weighted by Crippen LogP contribution is 2.50. The average molecular weight is 390 g/mol. The molecule has 0 atom stereocenters. The first kappa shape index (κ1) is 17.4. The van der Waals surface area contributed by atoms with Crippen LogP contribution in [0.3, 0.4) is 0 Å². The lowest BCUT2D eigenvalue weighted by molar-refractivity contribution is 0.631. The van der Waals surface area contributed by atoms with Crippen LogP contribution in [-0.4, -0.2) is 9.97 Å². The number of hydrogen-bond acceptors (Lipinski definition) is 3. The summed E-state index contributed by atoms with van der Waals surface area (Å²) >= 11 is 0. The molecule has 3 heteroatoms. The molecule has 0 spiro atoms. The number of benzene rings is 2. The van der Waals surface area contributed by atoms with Crippen LogP contribution in [0.5, 0.6) is 0 Å². The van der Waals surface area contributed by atoms with Crippen LogP contribution in [0.15, 0.2) is 65.3 Å². The maximum atomic E-state index is 6.52. The van der Waals surface area contributed by atoms with Crippen molar-refractivity contribution in [2.24, 2.45) is 0 Å². The normalized spacial score (nSPS) is 14.3. The highest BCUT2D eigenvalue weighted by atomic mass is 16.3. The molecule has 0 fully saturated rings. The van der Waals surface area contributed by atoms with E-state index < -0.39 is 0 Å². The van der Waals surface area contributed by atoms with E-state index in [9.17, 15) is 0 Å². The molecule has 30 heavy (non-hydrogen) atoms. The zero-order valence-corrected chi connectivity index (χ0v) is 17.6. The number of aryl methyl sites for hydroxylation is 2. The van der Waals surface area contributed by atoms with Crippen molar-refractivity contribution in [1.29, 1.82) is 0 Å². The minimum Gasteiger partial charge on any atom is -0.455 e. The summed E-state index contributed by atoms with van der Waals surface area (Å²) in [5, 5.41) is 2.28. The third kappa shape index (κ3) is 2.20. The Kier molecular flexibility index (Phi) is 3.36. The second kappa shape index (κ2) is 5.79. The van der Waals surface area contributed by atoms with E-state index >= 15 is 0 Å². The lowest BCUT2D eigenvalue weighted by atomic mass is 9.85. The summed E-state index contributed by atoms with van der Waals surface area (Å²) in [5.74, 6) is 0. The maximum Gasteiger partial charge on any atom is 0.145 e. The molecule has 1 aliphatic carbocycles. The van der Waals surface area contributed by atoms with Gasteiger partial charge in [0.05, 0.1) is 11.4 Å². The van der Waals surface area contributed by atoms with Gasteiger partial charge in [-0.25, -0.2) is 0 Å². The standard InChI is InChI=1S/C27H22N2O/c1-15-9-11-28-22(12-15)24-16(2)7-8-17-20-13-19-18-6-5-10-29-26(18)27(3,4)21(19)14-23(20)30-25(17)24/h5-14H,1-4H3. The van der Waals surface area contributed by atoms with E-state index in [-0.39, 0.29) is 5.41 Å². The van der Waals surface area contributed by atoms with Gasteiger partial charge in [-0.15, -0.1) is 0 Å². The second-order valence-electron chi connectivity index (χ2n) is 8.87. The van der Waals surface area contributed by atoms with Gasteiger partial charge in [-0.2, -0.15) is 0 Å². The number of nitrogens with zero attached hydrogens (tertiary/aromatic N) is 2. The molecule has 3 aromatic heterocycles. The molecule has 6 rings (SSSR count). The summed E-state index contributed by atoms with van der Waals surface area (Å²) < 4.78 is 6.52. The van der Waals surface area contributed by atoms with Gasteiger partial charge >= 0.3 is 0 Å². The Balaban J connectivity index is 1.70. The van der Waals surface area contributed by atoms with Crippen molar-refractivity contribution < 1.29 is 4.42 Å². The Morgan fingerprint density at radius 3 is 2.53 bits per heavy atom. The van der Waals surface area contributed by atoms with Crippen molar-refractivity contribution in [3.63, 3.8) is 0 Å². The van der Waals surface area contributed by atoms with Gasteiger partial charge in [0.25, 0.3) is 0 Å². The van der Waals surface area contributed by atoms with Crippen LogP contribution >= 0.6 is 0 Å². The summed E-state index contributed by atoms with van der Waals surface area (Å²) in [6, 6.07) is 17.2. The van der Waals surface area contributed by atoms with Crippen LogP contribution in [0, 0.1) is 13.8 Å². The molecule has 146 valence electrons. The molecule has 0 unspecified atom stereocenters. The monoisotopic (exact) mass is 390 g/mol. The predicted octanol–water partition coefficient (Wildman–Crippen LogP) is 6.97. The molecule has 1 aliphatic rings. The number of aromatic nitrogens is 2. The Hall–Kier alpha value is -3.46. The molecule has 2 aromatic carbocycles. The molecular formula is C27H22N2O. The Labute approximate surface area is 175 Å². The summed E-state index contributed by atoms with van der Waals surface area (Å²) in [5.41, 5.74) is 11.0. The van der Waals surface area contributed by atoms with Crippen LogP contribution < -0.4 is 0 Å². The number of furan rings is 1. The molecule has 0 N–H and O–H groups in total. The van der Waals surface area contributed by atoms with Crippen molar-refractivity contribution in [3.8, 4) is 22.4 Å². The maximum absolute atomic E-state index is 6.52. The van der Waals surface area contributed by atoms with Crippen LogP contribution in [0.1, 0.15) is 36.2 Å². The SMILES string of the molecule is Cc1ccnc(-c2c(C)ccc3c2oc2cc4c(cc23)-c2cccnc2C4(C)C)c1. The van der Waals surface area contributed by atoms with Gasteiger partial charge in [0.15, 0.2) is 0 Å². The molecular weight excluding hydrogens is 368 g/mol. The Morgan fingerprint density at radius 1 is 0.833 bits per heavy atom. The first-order valence-corrected chi connectivity index (χ1v) is 10.3. The number of fused-ring (bicyclic) bond motifs is 6. The summed E-state index contributed by atoms with van der Waals surface area (Å²) in [4.78, 5) is 9.34. The molecule has 0 amide bonds. The lowest BCUT2D eigenvalue weighted by Gasteiger charge is -2.19. The fourth-order valence-corrected chi connectivity index (χ4v) is 4.96. The lowest BCUT2D eigenvalue weighted by Crippen LogP contribution is -2.16. The number of pyridine rings is 2. The van der Waals surface area contributed by atoms with Crippen molar-refractivity contribution in [2.45, 2.75) is 33.1 Å². The fourth-order valence-electron chi connectivity index (χ4n) is 4.96. The van der Waals surface area contributed by atoms with E-state index in [2.05, 4.69) is 69.1 Å². The third-order valence-corrected chi connectivity index (χ3v) is 6.52. The van der Waals surface area contributed by atoms with Crippen molar-refractivity contribution >= 4 is 21.9 Å². The van der Waals surface area contributed by atoms with E-state index in [4.69, 9.17) is 9.40 Å². The third-order valence-electron chi connectivity index (χ3n) is 6.52. The van der Waals surface area contributed by atoms with Crippen LogP contribution in [0.2, 0.25) is 0 Å². The van der Waals surface area contributed by atoms with E-state index in [1.54, 1.807) is 0 Å². The van der Waals surface area contributed by atoms with Crippen molar-refractivity contribution in [3.05, 3.63) is 83.3 Å². The molecule has 0 saturated heterocycles. The minimum absolute atomic E-state index is 0.143. The van der Waals surface area contributed by atoms with Gasteiger partial charge in [0.2, 0.25) is 0 Å². The number of rotatable bonds is 1. The highest BCUT2D eigenvalue weighted by Gasteiger charge is 2.37. The van der Waals surface area contributed by atoms with Gasteiger partial charge in [-0.1, -0.05) is 32.0 Å². The topological polar surface area (TPSA) is 38.9 Å². The average Bonchev–Trinajstić information content (AvgIpc) is 3.19. The van der Waals surface area contributed by atoms with E-state index in [1.807, 2.05) is 24.5 Å². The van der Waals surface area contributed by atoms with Crippen molar-refractivity contribution in [1.82, 2.24) is 9.97 Å². The molecule has 0 saturated carbocycles. The fraction of sp³-hybridized carbons (Fsp3) is 0.185. The van der Waals surface area contributed by atoms with E-state index in [0.717, 1.165) is 38.9 Å². The van der Waals surface area contributed by atoms with Crippen LogP contribution in [0.25, 0.3) is 44.3 Å². The van der Waals surface area contributed by atoms with E-state index in [1.165, 1.54) is 27.8 Å². The van der Waals surface area contributed by atoms with Crippen molar-refractivity contribution in [2.75, 3.05) is 0 Å². The Morgan fingerprint density at radius 2 is 1.70 bits per heavy atom. The van der Waals surface area contributed by atoms with Crippen LogP contribution in [-0.2, 0) is 5.41 Å². The van der Waals surface area contributed by atoms with Crippen LogP contribution in [0.4, 0.5) is 0 Å². The highest BCUT2D eigenvalue weighted by molar-refractivity contribution is 6.11. The first-order valence-electron chi connectivity index (χ1n) is 10.3. The quantitative estimate of drug-likeness (QED) is 0.310. The molecule has 0 bridgehead atoms. The largest absolute Gasteiger partial charge is 0.455 e. The zero-order valence-electron chi connectivity index (χ0n) is 17.6. The summed E-state index contributed by atoms with van der Waals surface area (Å²) in [6.07, 6.45) is 3.75. The first-order chi connectivity index (χ1) is 14.4. The molecule has 0 aliphatic heterocycles. The smallest absolute Gasteiger partial charge is 0.145 e. The molecule has 3 nitrogen and oxygen atoms in total. The Bertz CT molecular complexity index is 1490. The zero-order chi connectivity index (χ0) is 20.6. The van der Waals surface area contributed by atoms with E-state index in [0.29, 0.717) is 0 Å². The summed E-state index contributed by atoms with van der Waals surface area (Å²) in [7, 11) is 0. The van der Waals surface area contributed by atoms with Gasteiger partial charge in [0.1, 0.15) is 11.2 Å². The minimum atomic E-state index is -0.143. The van der Waals surface area contributed by atoms with Gasteiger partial charge in [-0.05, 0) is 66.4 Å².